The van der Waals surface area contributed by atoms with E-state index in [-0.39, 0.29) is 0 Å². The normalized spacial score (nSPS) is 14.8. The summed E-state index contributed by atoms with van der Waals surface area (Å²) >= 11 is 3.44. The third-order valence-corrected chi connectivity index (χ3v) is 5.19. The van der Waals surface area contributed by atoms with Crippen LogP contribution in [0.4, 0.5) is 0 Å². The molecule has 0 saturated heterocycles. The van der Waals surface area contributed by atoms with Crippen molar-refractivity contribution in [3.8, 4) is 0 Å². The highest BCUT2D eigenvalue weighted by Gasteiger charge is 2.20. The largest absolute Gasteiger partial charge is 0.312 e. The Bertz CT molecular complexity index is 548. The number of nitrogens with one attached hydrogen (secondary N) is 1. The summed E-state index contributed by atoms with van der Waals surface area (Å²) in [5.74, 6) is 0.986. The average molecular weight is 310 g/mol. The second kappa shape index (κ2) is 6.64. The molecule has 0 atom stereocenters. The first kappa shape index (κ1) is 14.0. The summed E-state index contributed by atoms with van der Waals surface area (Å²) in [5.41, 5.74) is 3.05. The molecule has 0 unspecified atom stereocenters. The molecule has 1 saturated carbocycles. The second-order valence-corrected chi connectivity index (χ2v) is 6.87. The fourth-order valence-electron chi connectivity index (χ4n) is 1.90. The van der Waals surface area contributed by atoms with Gasteiger partial charge in [-0.1, -0.05) is 11.8 Å². The molecule has 0 bridgehead atoms. The molecule has 1 aliphatic carbocycles. The van der Waals surface area contributed by atoms with Crippen molar-refractivity contribution in [2.75, 3.05) is 12.3 Å². The van der Waals surface area contributed by atoms with Crippen LogP contribution in [-0.4, -0.2) is 43.5 Å². The van der Waals surface area contributed by atoms with Crippen molar-refractivity contribution in [2.45, 2.75) is 43.9 Å². The molecular weight excluding hydrogens is 292 g/mol. The molecule has 8 heteroatoms. The zero-order chi connectivity index (χ0) is 13.8. The third kappa shape index (κ3) is 3.77. The van der Waals surface area contributed by atoms with E-state index in [0.717, 1.165) is 42.2 Å². The van der Waals surface area contributed by atoms with E-state index in [1.54, 1.807) is 23.1 Å². The van der Waals surface area contributed by atoms with Crippen LogP contribution in [0.5, 0.6) is 0 Å². The lowest BCUT2D eigenvalue weighted by molar-refractivity contribution is 0.509. The van der Waals surface area contributed by atoms with Gasteiger partial charge in [-0.2, -0.15) is 0 Å². The zero-order valence-corrected chi connectivity index (χ0v) is 13.1. The van der Waals surface area contributed by atoms with Crippen molar-refractivity contribution in [3.63, 3.8) is 0 Å². The monoisotopic (exact) mass is 310 g/mol. The van der Waals surface area contributed by atoms with Crippen molar-refractivity contribution in [2.24, 2.45) is 0 Å². The van der Waals surface area contributed by atoms with Crippen LogP contribution < -0.4 is 5.32 Å². The lowest BCUT2D eigenvalue weighted by atomic mass is 10.3. The Kier molecular flexibility index (Phi) is 4.64. The van der Waals surface area contributed by atoms with E-state index in [0.29, 0.717) is 0 Å². The van der Waals surface area contributed by atoms with Gasteiger partial charge in [-0.25, -0.2) is 9.67 Å². The molecule has 108 valence electrons. The topological polar surface area (TPSA) is 68.5 Å². The Hall–Kier alpha value is -0.990. The molecular formula is C12H18N6S2. The molecule has 1 fully saturated rings. The van der Waals surface area contributed by atoms with Crippen LogP contribution in [0.25, 0.3) is 0 Å². The molecule has 0 amide bonds. The number of rotatable bonds is 8. The molecule has 2 heterocycles. The summed E-state index contributed by atoms with van der Waals surface area (Å²) in [6, 6.07) is 0.733. The molecule has 6 nitrogen and oxygen atoms in total. The number of hydrogen-bond donors (Lipinski definition) is 1. The number of aromatic nitrogens is 5. The van der Waals surface area contributed by atoms with Crippen molar-refractivity contribution in [1.29, 1.82) is 0 Å². The molecule has 20 heavy (non-hydrogen) atoms. The standard InChI is InChI=1S/C12H18N6S2/c1-9-11(20-8-14-9)4-7-19-12-15-16-17-18(12)6-5-13-10-2-3-10/h8,10,13H,2-7H2,1H3. The van der Waals surface area contributed by atoms with Crippen LogP contribution in [0.15, 0.2) is 10.7 Å². The highest BCUT2D eigenvalue weighted by molar-refractivity contribution is 7.99. The van der Waals surface area contributed by atoms with Gasteiger partial charge in [0.05, 0.1) is 17.7 Å². The predicted octanol–water partition coefficient (Wildman–Crippen LogP) is 1.52. The van der Waals surface area contributed by atoms with Crippen LogP contribution in [0.3, 0.4) is 0 Å². The molecule has 0 aromatic carbocycles. The van der Waals surface area contributed by atoms with Crippen LogP contribution in [0, 0.1) is 6.92 Å². The number of hydrogen-bond acceptors (Lipinski definition) is 7. The highest BCUT2D eigenvalue weighted by atomic mass is 32.2. The number of nitrogens with zero attached hydrogens (tertiary/aromatic N) is 5. The molecule has 0 radical (unpaired) electrons. The average Bonchev–Trinajstić information content (AvgIpc) is 3.01. The first-order chi connectivity index (χ1) is 9.83. The smallest absolute Gasteiger partial charge is 0.209 e. The maximum atomic E-state index is 4.27. The van der Waals surface area contributed by atoms with Gasteiger partial charge in [0, 0.05) is 23.2 Å². The number of thiazole rings is 1. The third-order valence-electron chi connectivity index (χ3n) is 3.24. The molecule has 1 N–H and O–H groups in total. The first-order valence-electron chi connectivity index (χ1n) is 6.84. The fourth-order valence-corrected chi connectivity index (χ4v) is 3.67. The Morgan fingerprint density at radius 2 is 2.40 bits per heavy atom. The zero-order valence-electron chi connectivity index (χ0n) is 11.4. The van der Waals surface area contributed by atoms with Gasteiger partial charge in [-0.05, 0) is 36.6 Å². The van der Waals surface area contributed by atoms with Gasteiger partial charge in [0.1, 0.15) is 0 Å². The van der Waals surface area contributed by atoms with E-state index >= 15 is 0 Å². The fraction of sp³-hybridized carbons (Fsp3) is 0.667. The van der Waals surface area contributed by atoms with Crippen LogP contribution in [0.1, 0.15) is 23.4 Å². The lowest BCUT2D eigenvalue weighted by Crippen LogP contribution is -2.22. The summed E-state index contributed by atoms with van der Waals surface area (Å²) in [6.45, 7) is 3.84. The SMILES string of the molecule is Cc1ncsc1CCSc1nnnn1CCNC1CC1. The summed E-state index contributed by atoms with van der Waals surface area (Å²) < 4.78 is 1.89. The van der Waals surface area contributed by atoms with Crippen molar-refractivity contribution in [1.82, 2.24) is 30.5 Å². The predicted molar refractivity (Wildman–Crippen MR) is 80.1 cm³/mol. The quantitative estimate of drug-likeness (QED) is 0.746. The molecule has 3 rings (SSSR count). The minimum atomic E-state index is 0.733. The van der Waals surface area contributed by atoms with E-state index in [2.05, 4.69) is 32.7 Å². The van der Waals surface area contributed by atoms with Crippen molar-refractivity contribution >= 4 is 23.1 Å². The van der Waals surface area contributed by atoms with Crippen LogP contribution in [-0.2, 0) is 13.0 Å². The van der Waals surface area contributed by atoms with Gasteiger partial charge in [0.15, 0.2) is 0 Å². The van der Waals surface area contributed by atoms with E-state index < -0.39 is 0 Å². The Morgan fingerprint density at radius 1 is 1.50 bits per heavy atom. The van der Waals surface area contributed by atoms with Gasteiger partial charge < -0.3 is 5.32 Å². The van der Waals surface area contributed by atoms with E-state index in [1.165, 1.54) is 17.7 Å². The Balaban J connectivity index is 1.44. The van der Waals surface area contributed by atoms with Crippen molar-refractivity contribution < 1.29 is 0 Å². The Labute approximate surface area is 126 Å². The number of aryl methyl sites for hydroxylation is 2. The van der Waals surface area contributed by atoms with Gasteiger partial charge in [0.25, 0.3) is 0 Å². The van der Waals surface area contributed by atoms with Gasteiger partial charge in [-0.3, -0.25) is 0 Å². The van der Waals surface area contributed by atoms with Crippen LogP contribution >= 0.6 is 23.1 Å². The number of tetrazole rings is 1. The maximum Gasteiger partial charge on any atom is 0.209 e. The molecule has 1 aliphatic rings. The van der Waals surface area contributed by atoms with Gasteiger partial charge in [0.2, 0.25) is 5.16 Å². The second-order valence-electron chi connectivity index (χ2n) is 4.87. The minimum Gasteiger partial charge on any atom is -0.312 e. The summed E-state index contributed by atoms with van der Waals surface area (Å²) in [5, 5.41) is 16.3. The lowest BCUT2D eigenvalue weighted by Gasteiger charge is -2.05. The summed E-state index contributed by atoms with van der Waals surface area (Å²) in [4.78, 5) is 5.62. The van der Waals surface area contributed by atoms with E-state index in [1.807, 2.05) is 10.2 Å². The van der Waals surface area contributed by atoms with Crippen molar-refractivity contribution in [3.05, 3.63) is 16.1 Å². The summed E-state index contributed by atoms with van der Waals surface area (Å²) in [6.07, 6.45) is 3.64. The first-order valence-corrected chi connectivity index (χ1v) is 8.71. The Morgan fingerprint density at radius 3 is 3.15 bits per heavy atom. The molecule has 0 aliphatic heterocycles. The summed E-state index contributed by atoms with van der Waals surface area (Å²) in [7, 11) is 0. The van der Waals surface area contributed by atoms with Gasteiger partial charge >= 0.3 is 0 Å². The van der Waals surface area contributed by atoms with Crippen LogP contribution in [0.2, 0.25) is 0 Å². The maximum absolute atomic E-state index is 4.27. The van der Waals surface area contributed by atoms with E-state index in [4.69, 9.17) is 0 Å². The molecule has 0 spiro atoms. The minimum absolute atomic E-state index is 0.733. The highest BCUT2D eigenvalue weighted by Crippen LogP contribution is 2.20. The van der Waals surface area contributed by atoms with E-state index in [9.17, 15) is 0 Å². The molecule has 2 aromatic heterocycles. The molecule has 2 aromatic rings. The number of thioether (sulfide) groups is 1. The van der Waals surface area contributed by atoms with Gasteiger partial charge in [-0.15, -0.1) is 16.4 Å².